The molecule has 2 heteroatoms. The van der Waals surface area contributed by atoms with Gasteiger partial charge >= 0.3 is 0 Å². The molecule has 1 fully saturated rings. The zero-order valence-corrected chi connectivity index (χ0v) is 4.86. The number of Topliss-reactive ketones (excluding diaryl/α,β-unsaturated/α-hetero) is 1. The van der Waals surface area contributed by atoms with Gasteiger partial charge in [-0.05, 0) is 19.8 Å². The van der Waals surface area contributed by atoms with Gasteiger partial charge in [0.15, 0.2) is 0 Å². The van der Waals surface area contributed by atoms with Crippen molar-refractivity contribution < 1.29 is 9.18 Å². The van der Waals surface area contributed by atoms with Gasteiger partial charge in [0.1, 0.15) is 12.0 Å². The highest BCUT2D eigenvalue weighted by molar-refractivity contribution is 5.79. The predicted molar refractivity (Wildman–Crippen MR) is 28.3 cm³/mol. The van der Waals surface area contributed by atoms with Gasteiger partial charge in [0.05, 0.1) is 0 Å². The summed E-state index contributed by atoms with van der Waals surface area (Å²) in [4.78, 5) is 10.4. The summed E-state index contributed by atoms with van der Waals surface area (Å²) in [7, 11) is 0. The Morgan fingerprint density at radius 3 is 2.25 bits per heavy atom. The highest BCUT2D eigenvalue weighted by atomic mass is 19.1. The Bertz CT molecular complexity index is 105. The number of halogens is 1. The Morgan fingerprint density at radius 2 is 2.12 bits per heavy atom. The van der Waals surface area contributed by atoms with Crippen molar-refractivity contribution in [2.24, 2.45) is 5.92 Å². The summed E-state index contributed by atoms with van der Waals surface area (Å²) >= 11 is 0. The second-order valence-corrected chi connectivity index (χ2v) is 2.38. The molecular formula is C6H9FO. The fourth-order valence-corrected chi connectivity index (χ4v) is 0.880. The molecule has 0 saturated heterocycles. The van der Waals surface area contributed by atoms with Crippen LogP contribution < -0.4 is 0 Å². The molecule has 0 atom stereocenters. The van der Waals surface area contributed by atoms with E-state index in [0.29, 0.717) is 12.8 Å². The van der Waals surface area contributed by atoms with Crippen molar-refractivity contribution in [3.8, 4) is 0 Å². The third-order valence-corrected chi connectivity index (χ3v) is 1.66. The van der Waals surface area contributed by atoms with Crippen molar-refractivity contribution in [1.82, 2.24) is 0 Å². The first kappa shape index (κ1) is 5.73. The first-order valence-corrected chi connectivity index (χ1v) is 2.84. The Morgan fingerprint density at radius 1 is 1.62 bits per heavy atom. The molecule has 0 amide bonds. The van der Waals surface area contributed by atoms with Crippen LogP contribution in [0.15, 0.2) is 0 Å². The van der Waals surface area contributed by atoms with Crippen molar-refractivity contribution in [3.05, 3.63) is 0 Å². The van der Waals surface area contributed by atoms with Crippen LogP contribution in [0.5, 0.6) is 0 Å². The van der Waals surface area contributed by atoms with E-state index in [-0.39, 0.29) is 11.7 Å². The lowest BCUT2D eigenvalue weighted by Crippen LogP contribution is -2.29. The first-order valence-electron chi connectivity index (χ1n) is 2.84. The van der Waals surface area contributed by atoms with Gasteiger partial charge in [0.2, 0.25) is 0 Å². The lowest BCUT2D eigenvalue weighted by atomic mass is 9.81. The Hall–Kier alpha value is -0.400. The van der Waals surface area contributed by atoms with Gasteiger partial charge in [0, 0.05) is 5.92 Å². The van der Waals surface area contributed by atoms with E-state index in [1.807, 2.05) is 0 Å². The molecule has 1 rings (SSSR count). The largest absolute Gasteiger partial charge is 0.300 e. The SMILES string of the molecule is CC(=O)C1CC(F)C1. The molecule has 0 aliphatic heterocycles. The summed E-state index contributed by atoms with van der Waals surface area (Å²) in [6, 6.07) is 0. The van der Waals surface area contributed by atoms with Crippen molar-refractivity contribution >= 4 is 5.78 Å². The lowest BCUT2D eigenvalue weighted by Gasteiger charge is -2.26. The van der Waals surface area contributed by atoms with Crippen molar-refractivity contribution in [2.45, 2.75) is 25.9 Å². The number of hydrogen-bond acceptors (Lipinski definition) is 1. The van der Waals surface area contributed by atoms with E-state index in [4.69, 9.17) is 0 Å². The van der Waals surface area contributed by atoms with E-state index in [0.717, 1.165) is 0 Å². The fourth-order valence-electron chi connectivity index (χ4n) is 0.880. The van der Waals surface area contributed by atoms with Gasteiger partial charge < -0.3 is 0 Å². The first-order chi connectivity index (χ1) is 3.70. The summed E-state index contributed by atoms with van der Waals surface area (Å²) in [5.41, 5.74) is 0. The van der Waals surface area contributed by atoms with Crippen LogP contribution in [0, 0.1) is 5.92 Å². The van der Waals surface area contributed by atoms with Crippen LogP contribution >= 0.6 is 0 Å². The maximum absolute atomic E-state index is 12.0. The van der Waals surface area contributed by atoms with Crippen molar-refractivity contribution in [2.75, 3.05) is 0 Å². The minimum absolute atomic E-state index is 0.0463. The number of carbonyl (C=O) groups is 1. The summed E-state index contributed by atoms with van der Waals surface area (Å²) in [6.07, 6.45) is 0.244. The smallest absolute Gasteiger partial charge is 0.133 e. The van der Waals surface area contributed by atoms with E-state index >= 15 is 0 Å². The number of rotatable bonds is 1. The van der Waals surface area contributed by atoms with Crippen molar-refractivity contribution in [1.29, 1.82) is 0 Å². The van der Waals surface area contributed by atoms with Crippen LogP contribution in [0.2, 0.25) is 0 Å². The van der Waals surface area contributed by atoms with E-state index in [2.05, 4.69) is 0 Å². The topological polar surface area (TPSA) is 17.1 Å². The summed E-state index contributed by atoms with van der Waals surface area (Å²) < 4.78 is 12.0. The van der Waals surface area contributed by atoms with Crippen LogP contribution in [-0.2, 0) is 4.79 Å². The predicted octanol–water partition coefficient (Wildman–Crippen LogP) is 1.32. The summed E-state index contributed by atoms with van der Waals surface area (Å²) in [5.74, 6) is 0.184. The number of alkyl halides is 1. The minimum atomic E-state index is -0.691. The molecule has 0 bridgehead atoms. The molecule has 0 radical (unpaired) electrons. The monoisotopic (exact) mass is 116 g/mol. The standard InChI is InChI=1S/C6H9FO/c1-4(8)5-2-6(7)3-5/h5-6H,2-3H2,1H3. The third-order valence-electron chi connectivity index (χ3n) is 1.66. The molecule has 8 heavy (non-hydrogen) atoms. The van der Waals surface area contributed by atoms with Gasteiger partial charge in [-0.25, -0.2) is 4.39 Å². The molecule has 0 N–H and O–H groups in total. The van der Waals surface area contributed by atoms with Crippen LogP contribution in [-0.4, -0.2) is 12.0 Å². The Kier molecular flexibility index (Phi) is 1.32. The normalized spacial score (nSPS) is 36.2. The Balaban J connectivity index is 2.25. The molecule has 0 aromatic rings. The molecule has 1 nitrogen and oxygen atoms in total. The molecule has 1 aliphatic rings. The number of ketones is 1. The molecule has 0 unspecified atom stereocenters. The average Bonchev–Trinajstić information content (AvgIpc) is 1.57. The van der Waals surface area contributed by atoms with Crippen LogP contribution in [0.4, 0.5) is 4.39 Å². The van der Waals surface area contributed by atoms with Gasteiger partial charge in [-0.15, -0.1) is 0 Å². The molecule has 0 aromatic carbocycles. The van der Waals surface area contributed by atoms with Gasteiger partial charge in [-0.3, -0.25) is 4.79 Å². The molecule has 46 valence electrons. The van der Waals surface area contributed by atoms with Crippen LogP contribution in [0.25, 0.3) is 0 Å². The average molecular weight is 116 g/mol. The number of hydrogen-bond donors (Lipinski definition) is 0. The molecule has 0 heterocycles. The summed E-state index contributed by atoms with van der Waals surface area (Å²) in [6.45, 7) is 1.52. The molecule has 1 aliphatic carbocycles. The second kappa shape index (κ2) is 1.84. The van der Waals surface area contributed by atoms with E-state index in [1.54, 1.807) is 0 Å². The van der Waals surface area contributed by atoms with Gasteiger partial charge in [0.25, 0.3) is 0 Å². The Labute approximate surface area is 47.9 Å². The minimum Gasteiger partial charge on any atom is -0.300 e. The maximum atomic E-state index is 12.0. The fraction of sp³-hybridized carbons (Fsp3) is 0.833. The molecule has 1 saturated carbocycles. The zero-order chi connectivity index (χ0) is 6.15. The number of carbonyl (C=O) groups excluding carboxylic acids is 1. The van der Waals surface area contributed by atoms with Gasteiger partial charge in [-0.2, -0.15) is 0 Å². The lowest BCUT2D eigenvalue weighted by molar-refractivity contribution is -0.125. The van der Waals surface area contributed by atoms with Crippen LogP contribution in [0.3, 0.4) is 0 Å². The van der Waals surface area contributed by atoms with Gasteiger partial charge in [-0.1, -0.05) is 0 Å². The second-order valence-electron chi connectivity index (χ2n) is 2.38. The third kappa shape index (κ3) is 0.881. The van der Waals surface area contributed by atoms with E-state index < -0.39 is 6.17 Å². The maximum Gasteiger partial charge on any atom is 0.133 e. The molecule has 0 spiro atoms. The zero-order valence-electron chi connectivity index (χ0n) is 4.86. The van der Waals surface area contributed by atoms with E-state index in [9.17, 15) is 9.18 Å². The van der Waals surface area contributed by atoms with E-state index in [1.165, 1.54) is 6.92 Å². The summed E-state index contributed by atoms with van der Waals surface area (Å²) in [5, 5.41) is 0. The highest BCUT2D eigenvalue weighted by Crippen LogP contribution is 2.30. The highest BCUT2D eigenvalue weighted by Gasteiger charge is 2.31. The van der Waals surface area contributed by atoms with Crippen LogP contribution in [0.1, 0.15) is 19.8 Å². The quantitative estimate of drug-likeness (QED) is 0.505. The molecule has 0 aromatic heterocycles. The van der Waals surface area contributed by atoms with Crippen molar-refractivity contribution in [3.63, 3.8) is 0 Å². The molecular weight excluding hydrogens is 107 g/mol.